The van der Waals surface area contributed by atoms with Gasteiger partial charge in [0.05, 0.1) is 11.7 Å². The molecule has 128 valence electrons. The lowest BCUT2D eigenvalue weighted by atomic mass is 10.1. The van der Waals surface area contributed by atoms with Gasteiger partial charge >= 0.3 is 0 Å². The van der Waals surface area contributed by atoms with Crippen LogP contribution in [0.4, 0.5) is 0 Å². The lowest BCUT2D eigenvalue weighted by Crippen LogP contribution is -2.26. The Morgan fingerprint density at radius 3 is 2.72 bits per heavy atom. The van der Waals surface area contributed by atoms with Crippen molar-refractivity contribution in [2.24, 2.45) is 0 Å². The van der Waals surface area contributed by atoms with Crippen LogP contribution in [-0.2, 0) is 11.2 Å². The molecule has 0 saturated heterocycles. The molecule has 0 bridgehead atoms. The number of benzene rings is 2. The molecule has 1 atom stereocenters. The lowest BCUT2D eigenvalue weighted by Gasteiger charge is -2.15. The van der Waals surface area contributed by atoms with Gasteiger partial charge in [-0.3, -0.25) is 4.79 Å². The van der Waals surface area contributed by atoms with E-state index < -0.39 is 0 Å². The molecule has 0 aliphatic carbocycles. The topological polar surface area (TPSA) is 59.8 Å². The third kappa shape index (κ3) is 4.67. The first-order valence-electron chi connectivity index (χ1n) is 8.10. The molecule has 0 fully saturated rings. The lowest BCUT2D eigenvalue weighted by molar-refractivity contribution is -0.121. The summed E-state index contributed by atoms with van der Waals surface area (Å²) >= 11 is 5.96. The first-order valence-corrected chi connectivity index (χ1v) is 8.48. The Morgan fingerprint density at radius 1 is 1.24 bits per heavy atom. The summed E-state index contributed by atoms with van der Waals surface area (Å²) in [6.07, 6.45) is 4.25. The number of aryl methyl sites for hydroxylation is 1. The molecule has 0 saturated carbocycles. The van der Waals surface area contributed by atoms with Gasteiger partial charge in [-0.15, -0.1) is 0 Å². The number of carbonyl (C=O) groups is 1. The van der Waals surface area contributed by atoms with Crippen molar-refractivity contribution in [1.29, 1.82) is 0 Å². The van der Waals surface area contributed by atoms with E-state index in [4.69, 9.17) is 11.6 Å². The van der Waals surface area contributed by atoms with Gasteiger partial charge in [0.1, 0.15) is 12.7 Å². The summed E-state index contributed by atoms with van der Waals surface area (Å²) in [5.74, 6) is 0.0211. The minimum atomic E-state index is -0.0587. The van der Waals surface area contributed by atoms with Gasteiger partial charge in [-0.05, 0) is 48.7 Å². The second-order valence-corrected chi connectivity index (χ2v) is 6.29. The number of hydrogen-bond donors (Lipinski definition) is 1. The predicted octanol–water partition coefficient (Wildman–Crippen LogP) is 3.73. The maximum atomic E-state index is 12.2. The third-order valence-electron chi connectivity index (χ3n) is 3.98. The van der Waals surface area contributed by atoms with Crippen LogP contribution < -0.4 is 5.32 Å². The molecular formula is C19H19ClN4O. The average molecular weight is 355 g/mol. The highest BCUT2D eigenvalue weighted by molar-refractivity contribution is 6.30. The van der Waals surface area contributed by atoms with E-state index in [1.807, 2.05) is 55.5 Å². The zero-order valence-corrected chi connectivity index (χ0v) is 14.6. The molecule has 2 aromatic carbocycles. The molecule has 0 spiro atoms. The molecule has 3 rings (SSSR count). The molecule has 0 aliphatic heterocycles. The minimum Gasteiger partial charge on any atom is -0.350 e. The van der Waals surface area contributed by atoms with Gasteiger partial charge in [0.25, 0.3) is 0 Å². The van der Waals surface area contributed by atoms with E-state index in [1.165, 1.54) is 6.33 Å². The molecule has 5 nitrogen and oxygen atoms in total. The summed E-state index contributed by atoms with van der Waals surface area (Å²) in [6.45, 7) is 1.97. The van der Waals surface area contributed by atoms with Crippen molar-refractivity contribution >= 4 is 17.5 Å². The number of aromatic nitrogens is 3. The molecule has 25 heavy (non-hydrogen) atoms. The number of carbonyl (C=O) groups excluding carboxylic acids is 1. The van der Waals surface area contributed by atoms with Crippen molar-refractivity contribution in [1.82, 2.24) is 20.1 Å². The summed E-state index contributed by atoms with van der Waals surface area (Å²) < 4.78 is 1.69. The number of rotatable bonds is 6. The van der Waals surface area contributed by atoms with Crippen LogP contribution in [0.2, 0.25) is 5.02 Å². The van der Waals surface area contributed by atoms with Crippen molar-refractivity contribution < 1.29 is 4.79 Å². The fraction of sp³-hybridized carbons (Fsp3) is 0.211. The number of nitrogens with one attached hydrogen (secondary N) is 1. The van der Waals surface area contributed by atoms with Crippen LogP contribution in [0.15, 0.2) is 61.2 Å². The van der Waals surface area contributed by atoms with Crippen molar-refractivity contribution in [3.8, 4) is 5.69 Å². The third-order valence-corrected chi connectivity index (χ3v) is 4.22. The predicted molar refractivity (Wildman–Crippen MR) is 97.7 cm³/mol. The highest BCUT2D eigenvalue weighted by atomic mass is 35.5. The number of hydrogen-bond acceptors (Lipinski definition) is 3. The summed E-state index contributed by atoms with van der Waals surface area (Å²) in [6, 6.07) is 15.4. The normalized spacial score (nSPS) is 11.9. The van der Waals surface area contributed by atoms with Gasteiger partial charge < -0.3 is 5.32 Å². The Kier molecular flexibility index (Phi) is 5.46. The fourth-order valence-electron chi connectivity index (χ4n) is 2.60. The van der Waals surface area contributed by atoms with Crippen LogP contribution in [0.3, 0.4) is 0 Å². The number of halogens is 1. The molecule has 0 aliphatic rings. The molecule has 1 aromatic heterocycles. The molecule has 1 heterocycles. The van der Waals surface area contributed by atoms with Gasteiger partial charge in [-0.2, -0.15) is 5.10 Å². The van der Waals surface area contributed by atoms with E-state index in [9.17, 15) is 4.79 Å². The smallest absolute Gasteiger partial charge is 0.220 e. The van der Waals surface area contributed by atoms with Crippen molar-refractivity contribution in [3.05, 3.63) is 77.3 Å². The van der Waals surface area contributed by atoms with E-state index >= 15 is 0 Å². The van der Waals surface area contributed by atoms with Crippen molar-refractivity contribution in [2.45, 2.75) is 25.8 Å². The first-order chi connectivity index (χ1) is 12.1. The average Bonchev–Trinajstić information content (AvgIpc) is 3.15. The summed E-state index contributed by atoms with van der Waals surface area (Å²) in [5, 5.41) is 7.82. The molecule has 0 radical (unpaired) electrons. The van der Waals surface area contributed by atoms with Crippen LogP contribution in [-0.4, -0.2) is 20.7 Å². The Balaban J connectivity index is 1.54. The Labute approximate surface area is 151 Å². The van der Waals surface area contributed by atoms with Crippen LogP contribution in [0.1, 0.15) is 30.5 Å². The molecule has 1 N–H and O–H groups in total. The SMILES string of the molecule is CC(NC(=O)CCc1cccc(Cl)c1)c1ccc(-n2cncn2)cc1. The largest absolute Gasteiger partial charge is 0.350 e. The van der Waals surface area contributed by atoms with Gasteiger partial charge in [0.2, 0.25) is 5.91 Å². The van der Waals surface area contributed by atoms with E-state index in [-0.39, 0.29) is 11.9 Å². The van der Waals surface area contributed by atoms with Gasteiger partial charge in [-0.25, -0.2) is 9.67 Å². The standard InChI is InChI=1S/C19H19ClN4O/c1-14(16-6-8-18(9-7-16)24-13-21-12-22-24)23-19(25)10-5-15-3-2-4-17(20)11-15/h2-4,6-9,11-14H,5,10H2,1H3,(H,23,25). The Morgan fingerprint density at radius 2 is 2.04 bits per heavy atom. The van der Waals surface area contributed by atoms with Crippen LogP contribution in [0.25, 0.3) is 5.69 Å². The molecule has 1 unspecified atom stereocenters. The van der Waals surface area contributed by atoms with Crippen molar-refractivity contribution in [3.63, 3.8) is 0 Å². The first kappa shape index (κ1) is 17.2. The summed E-state index contributed by atoms with van der Waals surface area (Å²) in [5.41, 5.74) is 3.04. The van der Waals surface area contributed by atoms with Gasteiger partial charge in [0.15, 0.2) is 0 Å². The Hall–Kier alpha value is -2.66. The van der Waals surface area contributed by atoms with E-state index in [0.29, 0.717) is 17.9 Å². The van der Waals surface area contributed by atoms with E-state index in [0.717, 1.165) is 16.8 Å². The molecule has 3 aromatic rings. The second kappa shape index (κ2) is 7.94. The van der Waals surface area contributed by atoms with Crippen LogP contribution >= 0.6 is 11.6 Å². The maximum absolute atomic E-state index is 12.2. The molecular weight excluding hydrogens is 336 g/mol. The van der Waals surface area contributed by atoms with Crippen molar-refractivity contribution in [2.75, 3.05) is 0 Å². The fourth-order valence-corrected chi connectivity index (χ4v) is 2.82. The van der Waals surface area contributed by atoms with E-state index in [1.54, 1.807) is 11.0 Å². The van der Waals surface area contributed by atoms with Gasteiger partial charge in [0, 0.05) is 11.4 Å². The zero-order chi connectivity index (χ0) is 17.6. The zero-order valence-electron chi connectivity index (χ0n) is 13.9. The highest BCUT2D eigenvalue weighted by Gasteiger charge is 2.10. The number of amides is 1. The number of nitrogens with zero attached hydrogens (tertiary/aromatic N) is 3. The van der Waals surface area contributed by atoms with Crippen LogP contribution in [0, 0.1) is 0 Å². The maximum Gasteiger partial charge on any atom is 0.220 e. The molecule has 1 amide bonds. The highest BCUT2D eigenvalue weighted by Crippen LogP contribution is 2.16. The second-order valence-electron chi connectivity index (χ2n) is 5.85. The Bertz CT molecular complexity index is 831. The van der Waals surface area contributed by atoms with Crippen LogP contribution in [0.5, 0.6) is 0 Å². The minimum absolute atomic E-state index is 0.0211. The quantitative estimate of drug-likeness (QED) is 0.733. The summed E-state index contributed by atoms with van der Waals surface area (Å²) in [7, 11) is 0. The summed E-state index contributed by atoms with van der Waals surface area (Å²) in [4.78, 5) is 16.1. The van der Waals surface area contributed by atoms with E-state index in [2.05, 4.69) is 15.4 Å². The monoisotopic (exact) mass is 354 g/mol. The van der Waals surface area contributed by atoms with Gasteiger partial charge in [-0.1, -0.05) is 35.9 Å². The molecule has 6 heteroatoms.